The molecule has 2 fully saturated rings. The van der Waals surface area contributed by atoms with Crippen LogP contribution >= 0.6 is 0 Å². The molecule has 1 heterocycles. The molecule has 5 nitrogen and oxygen atoms in total. The molecule has 0 aromatic heterocycles. The van der Waals surface area contributed by atoms with Crippen molar-refractivity contribution in [3.63, 3.8) is 0 Å². The van der Waals surface area contributed by atoms with Crippen molar-refractivity contribution in [2.75, 3.05) is 6.26 Å². The van der Waals surface area contributed by atoms with E-state index in [1.54, 1.807) is 36.6 Å². The Balaban J connectivity index is 1.44. The van der Waals surface area contributed by atoms with E-state index in [4.69, 9.17) is 0 Å². The van der Waals surface area contributed by atoms with Crippen LogP contribution < -0.4 is 10.6 Å². The van der Waals surface area contributed by atoms with Gasteiger partial charge in [0, 0.05) is 18.5 Å². The molecule has 7 heteroatoms. The second-order valence-corrected chi connectivity index (χ2v) is 9.48. The van der Waals surface area contributed by atoms with Crippen molar-refractivity contribution in [3.05, 3.63) is 53.8 Å². The fraction of sp³-hybridized carbons (Fsp3) is 0.391. The lowest BCUT2D eigenvalue weighted by Crippen LogP contribution is -2.50. The molecule has 2 aromatic carbocycles. The zero-order valence-corrected chi connectivity index (χ0v) is 17.5. The topological polar surface area (TPSA) is 88.0 Å². The van der Waals surface area contributed by atoms with Gasteiger partial charge in [0.05, 0.1) is 12.1 Å². The van der Waals surface area contributed by atoms with E-state index in [9.17, 15) is 19.0 Å². The molecule has 156 valence electrons. The number of nitrogens with one attached hydrogen (secondary N) is 2. The van der Waals surface area contributed by atoms with Crippen LogP contribution in [0.4, 0.5) is 4.39 Å². The van der Waals surface area contributed by atoms with Crippen molar-refractivity contribution in [3.8, 4) is 17.2 Å². The maximum atomic E-state index is 14.8. The lowest BCUT2D eigenvalue weighted by molar-refractivity contribution is -0.124. The molecule has 1 aliphatic carbocycles. The molecule has 30 heavy (non-hydrogen) atoms. The van der Waals surface area contributed by atoms with Crippen molar-refractivity contribution in [1.82, 2.24) is 10.6 Å². The van der Waals surface area contributed by atoms with E-state index in [1.807, 2.05) is 6.07 Å². The maximum absolute atomic E-state index is 14.8. The normalized spacial score (nSPS) is 24.3. The number of piperidine rings is 1. The lowest BCUT2D eigenvalue weighted by Gasteiger charge is -2.23. The summed E-state index contributed by atoms with van der Waals surface area (Å²) in [6.45, 7) is 0. The van der Waals surface area contributed by atoms with Gasteiger partial charge in [-0.05, 0) is 65.2 Å². The molecule has 1 saturated heterocycles. The second-order valence-electron chi connectivity index (χ2n) is 8.10. The van der Waals surface area contributed by atoms with Gasteiger partial charge in [0.1, 0.15) is 18.1 Å². The molecule has 1 saturated carbocycles. The molecule has 1 unspecified atom stereocenters. The van der Waals surface area contributed by atoms with E-state index in [0.29, 0.717) is 28.0 Å². The molecule has 1 amide bonds. The highest BCUT2D eigenvalue weighted by Crippen LogP contribution is 2.35. The van der Waals surface area contributed by atoms with E-state index in [-0.39, 0.29) is 18.4 Å². The molecule has 4 rings (SSSR count). The Labute approximate surface area is 178 Å². The fourth-order valence-corrected chi connectivity index (χ4v) is 5.07. The first-order valence-corrected chi connectivity index (χ1v) is 11.7. The molecule has 2 aliphatic rings. The second kappa shape index (κ2) is 8.76. The number of nitriles is 1. The van der Waals surface area contributed by atoms with Gasteiger partial charge in [-0.25, -0.2) is 4.39 Å². The fourth-order valence-electron chi connectivity index (χ4n) is 4.51. The van der Waals surface area contributed by atoms with Crippen LogP contribution in [0, 0.1) is 23.1 Å². The Morgan fingerprint density at radius 3 is 2.77 bits per heavy atom. The van der Waals surface area contributed by atoms with E-state index in [0.717, 1.165) is 24.8 Å². The number of amides is 1. The minimum atomic E-state index is -1.11. The Hall–Kier alpha value is -2.40. The summed E-state index contributed by atoms with van der Waals surface area (Å²) in [4.78, 5) is 13.2. The summed E-state index contributed by atoms with van der Waals surface area (Å²) in [7, 11) is 0. The summed E-state index contributed by atoms with van der Waals surface area (Å²) < 4.78 is 26.5. The molecule has 2 bridgehead atoms. The van der Waals surface area contributed by atoms with Gasteiger partial charge < -0.3 is 15.2 Å². The van der Waals surface area contributed by atoms with Gasteiger partial charge in [-0.3, -0.25) is 4.79 Å². The molecule has 2 aromatic rings. The van der Waals surface area contributed by atoms with Crippen molar-refractivity contribution in [2.24, 2.45) is 5.92 Å². The number of fused-ring (bicyclic) bond motifs is 2. The maximum Gasteiger partial charge on any atom is 0.238 e. The zero-order chi connectivity index (χ0) is 21.3. The number of carbonyl (C=O) groups is 1. The first kappa shape index (κ1) is 20.9. The Morgan fingerprint density at radius 1 is 1.33 bits per heavy atom. The van der Waals surface area contributed by atoms with Gasteiger partial charge in [0.2, 0.25) is 5.91 Å². The number of carbonyl (C=O) groups excluding carboxylic acids is 1. The Kier molecular flexibility index (Phi) is 6.09. The van der Waals surface area contributed by atoms with Crippen LogP contribution in [0.15, 0.2) is 47.4 Å². The summed E-state index contributed by atoms with van der Waals surface area (Å²) in [5.41, 5.74) is 1.83. The zero-order valence-electron chi connectivity index (χ0n) is 16.7. The average molecular weight is 426 g/mol. The largest absolute Gasteiger partial charge is 0.612 e. The van der Waals surface area contributed by atoms with Crippen molar-refractivity contribution in [1.29, 1.82) is 5.26 Å². The van der Waals surface area contributed by atoms with Crippen LogP contribution in [0.1, 0.15) is 24.8 Å². The molecular formula is C23H24FN3O2S. The standard InChI is InChI=1S/C23H24FN3O2S/c1-30(29)20-4-2-3-14(11-20)15-5-6-16(21(24)12-15)9-19(13-25)27-23(28)22-17-7-8-18(10-17)26-22/h2-6,11-12,17-19,22,26H,7-10H2,1H3,(H,27,28)/t17-,18+,19-,22-,30?/m0/s1. The number of hydrogen-bond donors (Lipinski definition) is 2. The van der Waals surface area contributed by atoms with Gasteiger partial charge in [0.15, 0.2) is 4.90 Å². The van der Waals surface area contributed by atoms with Crippen LogP contribution in [0.2, 0.25) is 0 Å². The van der Waals surface area contributed by atoms with Gasteiger partial charge in [0.25, 0.3) is 0 Å². The minimum absolute atomic E-state index is 0.105. The van der Waals surface area contributed by atoms with E-state index >= 15 is 0 Å². The SMILES string of the molecule is C[S+]([O-])c1cccc(-c2ccc(C[C@@H](C#N)NC(=O)[C@H]3N[C@@H]4CC[C@H]3C4)c(F)c2)c1. The quantitative estimate of drug-likeness (QED) is 0.697. The van der Waals surface area contributed by atoms with Crippen molar-refractivity contribution < 1.29 is 13.7 Å². The number of rotatable bonds is 6. The number of benzene rings is 2. The third-order valence-electron chi connectivity index (χ3n) is 6.09. The van der Waals surface area contributed by atoms with Crippen molar-refractivity contribution >= 4 is 17.1 Å². The predicted octanol–water partition coefficient (Wildman–Crippen LogP) is 2.92. The lowest BCUT2D eigenvalue weighted by atomic mass is 9.98. The Morgan fingerprint density at radius 2 is 2.13 bits per heavy atom. The monoisotopic (exact) mass is 425 g/mol. The highest BCUT2D eigenvalue weighted by atomic mass is 32.2. The van der Waals surface area contributed by atoms with Gasteiger partial charge in [-0.15, -0.1) is 0 Å². The number of nitrogens with zero attached hydrogens (tertiary/aromatic N) is 1. The summed E-state index contributed by atoms with van der Waals surface area (Å²) in [6, 6.07) is 13.5. The van der Waals surface area contributed by atoms with Gasteiger partial charge in [-0.2, -0.15) is 5.26 Å². The van der Waals surface area contributed by atoms with Crippen molar-refractivity contribution in [2.45, 2.75) is 48.7 Å². The highest BCUT2D eigenvalue weighted by molar-refractivity contribution is 7.90. The number of hydrogen-bond acceptors (Lipinski definition) is 4. The third-order valence-corrected chi connectivity index (χ3v) is 7.01. The van der Waals surface area contributed by atoms with Crippen LogP contribution in [0.5, 0.6) is 0 Å². The Bertz CT molecular complexity index is 991. The summed E-state index contributed by atoms with van der Waals surface area (Å²) in [6.07, 6.45) is 4.86. The van der Waals surface area contributed by atoms with Crippen LogP contribution in [0.25, 0.3) is 11.1 Å². The molecule has 0 radical (unpaired) electrons. The van der Waals surface area contributed by atoms with E-state index < -0.39 is 23.0 Å². The van der Waals surface area contributed by atoms with E-state index in [1.165, 1.54) is 6.07 Å². The summed E-state index contributed by atoms with van der Waals surface area (Å²) in [5.74, 6) is -0.267. The van der Waals surface area contributed by atoms with Gasteiger partial charge in [-0.1, -0.05) is 24.3 Å². The average Bonchev–Trinajstić information content (AvgIpc) is 3.38. The summed E-state index contributed by atoms with van der Waals surface area (Å²) in [5, 5.41) is 15.6. The first-order valence-electron chi connectivity index (χ1n) is 10.1. The van der Waals surface area contributed by atoms with E-state index in [2.05, 4.69) is 16.7 Å². The minimum Gasteiger partial charge on any atom is -0.612 e. The first-order chi connectivity index (χ1) is 14.4. The highest BCUT2D eigenvalue weighted by Gasteiger charge is 2.43. The number of halogens is 1. The molecule has 0 spiro atoms. The van der Waals surface area contributed by atoms with Crippen LogP contribution in [-0.2, 0) is 22.4 Å². The molecule has 2 N–H and O–H groups in total. The predicted molar refractivity (Wildman–Crippen MR) is 113 cm³/mol. The smallest absolute Gasteiger partial charge is 0.238 e. The molecular weight excluding hydrogens is 401 g/mol. The van der Waals surface area contributed by atoms with Gasteiger partial charge >= 0.3 is 0 Å². The van der Waals surface area contributed by atoms with Crippen LogP contribution in [-0.4, -0.2) is 34.8 Å². The molecule has 5 atom stereocenters. The van der Waals surface area contributed by atoms with Crippen LogP contribution in [0.3, 0.4) is 0 Å². The molecule has 1 aliphatic heterocycles. The summed E-state index contributed by atoms with van der Waals surface area (Å²) >= 11 is -1.11. The third kappa shape index (κ3) is 4.36.